The summed E-state index contributed by atoms with van der Waals surface area (Å²) in [6.07, 6.45) is 9.42. The number of nitrogens with two attached hydrogens (primary N) is 1. The topological polar surface area (TPSA) is 55.0 Å². The van der Waals surface area contributed by atoms with Crippen LogP contribution in [0, 0.1) is 0 Å². The summed E-state index contributed by atoms with van der Waals surface area (Å²) < 4.78 is 2.41. The third-order valence-electron chi connectivity index (χ3n) is 6.83. The highest BCUT2D eigenvalue weighted by atomic mass is 15.0. The van der Waals surface area contributed by atoms with E-state index >= 15 is 0 Å². The molecule has 4 N–H and O–H groups in total. The summed E-state index contributed by atoms with van der Waals surface area (Å²) >= 11 is 0. The van der Waals surface area contributed by atoms with Crippen molar-refractivity contribution in [1.82, 2.24) is 4.57 Å². The molecule has 0 amide bonds. The predicted octanol–water partition coefficient (Wildman–Crippen LogP) is 6.49. The molecule has 1 aromatic heterocycles. The Hall–Kier alpha value is -4.44. The Labute approximate surface area is 226 Å². The molecule has 0 radical (unpaired) electrons. The van der Waals surface area contributed by atoms with Gasteiger partial charge in [-0.2, -0.15) is 0 Å². The van der Waals surface area contributed by atoms with Crippen LogP contribution in [0.4, 0.5) is 17.1 Å². The number of fused-ring (bicyclic) bond motifs is 1. The standard InChI is InChI=1S/C32H32N4.C2H6/c1-4-12-27-26-17-11-20-30(26)36(24-14-6-5-7-15-24)32(27)22(2)25-16-10-13-23(31(25)34-3)21-35-29-19-9-8-18-28(29)33;1-2/h4-19,34-35H,1,20-21,33H2,2-3H3;1-2H3/b27-12-,32-22-;. The van der Waals surface area contributed by atoms with Gasteiger partial charge < -0.3 is 20.9 Å². The van der Waals surface area contributed by atoms with Crippen LogP contribution in [0.3, 0.4) is 0 Å². The Bertz CT molecular complexity index is 1570. The molecule has 194 valence electrons. The second-order valence-corrected chi connectivity index (χ2v) is 8.96. The minimum atomic E-state index is 0.663. The van der Waals surface area contributed by atoms with Gasteiger partial charge in [0.2, 0.25) is 0 Å². The predicted molar refractivity (Wildman–Crippen MR) is 166 cm³/mol. The summed E-state index contributed by atoms with van der Waals surface area (Å²) in [5, 5.41) is 9.39. The van der Waals surface area contributed by atoms with E-state index in [1.54, 1.807) is 0 Å². The zero-order valence-corrected chi connectivity index (χ0v) is 22.9. The summed E-state index contributed by atoms with van der Waals surface area (Å²) in [5.74, 6) is 0. The summed E-state index contributed by atoms with van der Waals surface area (Å²) in [7, 11) is 1.99. The molecule has 4 nitrogen and oxygen atoms in total. The summed E-state index contributed by atoms with van der Waals surface area (Å²) in [6.45, 7) is 10.9. The van der Waals surface area contributed by atoms with Crippen LogP contribution in [0.2, 0.25) is 0 Å². The van der Waals surface area contributed by atoms with Crippen molar-refractivity contribution >= 4 is 34.8 Å². The minimum Gasteiger partial charge on any atom is -0.397 e. The van der Waals surface area contributed by atoms with E-state index in [-0.39, 0.29) is 0 Å². The van der Waals surface area contributed by atoms with Gasteiger partial charge in [-0.05, 0) is 42.3 Å². The van der Waals surface area contributed by atoms with Crippen LogP contribution in [-0.4, -0.2) is 11.6 Å². The van der Waals surface area contributed by atoms with Crippen LogP contribution in [0.5, 0.6) is 0 Å². The van der Waals surface area contributed by atoms with Crippen molar-refractivity contribution in [2.24, 2.45) is 0 Å². The highest BCUT2D eigenvalue weighted by Crippen LogP contribution is 2.28. The van der Waals surface area contributed by atoms with E-state index in [4.69, 9.17) is 5.73 Å². The van der Waals surface area contributed by atoms with Crippen molar-refractivity contribution < 1.29 is 0 Å². The molecule has 4 heteroatoms. The van der Waals surface area contributed by atoms with E-state index < -0.39 is 0 Å². The van der Waals surface area contributed by atoms with Crippen LogP contribution in [0.25, 0.3) is 23.4 Å². The van der Waals surface area contributed by atoms with E-state index in [1.165, 1.54) is 44.2 Å². The zero-order chi connectivity index (χ0) is 27.1. The first-order chi connectivity index (χ1) is 18.6. The molecule has 1 heterocycles. The lowest BCUT2D eigenvalue weighted by atomic mass is 9.99. The van der Waals surface area contributed by atoms with Crippen molar-refractivity contribution in [2.45, 2.75) is 33.7 Å². The van der Waals surface area contributed by atoms with Gasteiger partial charge in [0.1, 0.15) is 0 Å². The van der Waals surface area contributed by atoms with E-state index in [9.17, 15) is 0 Å². The molecular formula is C34H38N4. The molecule has 38 heavy (non-hydrogen) atoms. The van der Waals surface area contributed by atoms with Gasteiger partial charge >= 0.3 is 0 Å². The van der Waals surface area contributed by atoms with Gasteiger partial charge in [-0.15, -0.1) is 0 Å². The van der Waals surface area contributed by atoms with E-state index in [2.05, 4.69) is 95.5 Å². The normalized spacial score (nSPS) is 12.9. The summed E-state index contributed by atoms with van der Waals surface area (Å²) in [4.78, 5) is 0. The van der Waals surface area contributed by atoms with Crippen molar-refractivity contribution in [3.05, 3.63) is 124 Å². The van der Waals surface area contributed by atoms with Crippen molar-refractivity contribution in [2.75, 3.05) is 23.4 Å². The molecule has 1 aliphatic carbocycles. The Morgan fingerprint density at radius 3 is 2.45 bits per heavy atom. The number of aromatic nitrogens is 1. The number of nitrogens with zero attached hydrogens (tertiary/aromatic N) is 1. The molecule has 0 aliphatic heterocycles. The van der Waals surface area contributed by atoms with Crippen molar-refractivity contribution in [3.8, 4) is 5.69 Å². The maximum Gasteiger partial charge on any atom is 0.0576 e. The second kappa shape index (κ2) is 12.2. The van der Waals surface area contributed by atoms with E-state index in [1.807, 2.05) is 51.2 Å². The number of rotatable bonds is 7. The van der Waals surface area contributed by atoms with Crippen molar-refractivity contribution in [3.63, 3.8) is 0 Å². The number of hydrogen-bond donors (Lipinski definition) is 3. The number of nitrogen functional groups attached to an aromatic ring is 1. The molecule has 5 rings (SSSR count). The molecule has 0 bridgehead atoms. The molecule has 3 aromatic carbocycles. The van der Waals surface area contributed by atoms with Crippen LogP contribution in [-0.2, 0) is 13.0 Å². The third kappa shape index (κ3) is 5.03. The molecular weight excluding hydrogens is 464 g/mol. The molecule has 0 atom stereocenters. The molecule has 1 aliphatic rings. The average Bonchev–Trinajstić information content (AvgIpc) is 3.55. The fourth-order valence-corrected chi connectivity index (χ4v) is 5.18. The number of hydrogen-bond acceptors (Lipinski definition) is 3. The maximum atomic E-state index is 6.16. The number of anilines is 3. The smallest absolute Gasteiger partial charge is 0.0576 e. The number of para-hydroxylation sites is 4. The molecule has 0 saturated carbocycles. The summed E-state index contributed by atoms with van der Waals surface area (Å²) in [6, 6.07) is 25.0. The van der Waals surface area contributed by atoms with Gasteiger partial charge in [0.05, 0.1) is 16.7 Å². The SMILES string of the molecule is C=C/C=c1/c2c(n(-c3ccccc3)/c1=C(/C)c1cccc(CNc3ccccc3N)c1NC)CC=C2.CC. The average molecular weight is 503 g/mol. The minimum absolute atomic E-state index is 0.663. The quantitative estimate of drug-likeness (QED) is 0.253. The fraction of sp³-hybridized carbons (Fsp3) is 0.176. The van der Waals surface area contributed by atoms with Crippen LogP contribution in [0.1, 0.15) is 43.2 Å². The van der Waals surface area contributed by atoms with Crippen LogP contribution >= 0.6 is 0 Å². The van der Waals surface area contributed by atoms with Gasteiger partial charge in [0.15, 0.2) is 0 Å². The van der Waals surface area contributed by atoms with E-state index in [0.717, 1.165) is 23.5 Å². The van der Waals surface area contributed by atoms with Crippen LogP contribution in [0.15, 0.2) is 91.5 Å². The van der Waals surface area contributed by atoms with E-state index in [0.29, 0.717) is 6.54 Å². The number of allylic oxidation sites excluding steroid dienone is 2. The number of nitrogens with one attached hydrogen (secondary N) is 2. The lowest BCUT2D eigenvalue weighted by Crippen LogP contribution is -2.32. The fourth-order valence-electron chi connectivity index (χ4n) is 5.18. The highest BCUT2D eigenvalue weighted by Gasteiger charge is 2.20. The molecule has 0 spiro atoms. The first kappa shape index (κ1) is 26.6. The maximum absolute atomic E-state index is 6.16. The number of benzene rings is 3. The Morgan fingerprint density at radius 1 is 1.00 bits per heavy atom. The molecule has 0 fully saturated rings. The molecule has 0 saturated heterocycles. The Balaban J connectivity index is 0.00000164. The monoisotopic (exact) mass is 502 g/mol. The van der Waals surface area contributed by atoms with Gasteiger partial charge in [0.25, 0.3) is 0 Å². The van der Waals surface area contributed by atoms with Gasteiger partial charge in [0, 0.05) is 53.4 Å². The van der Waals surface area contributed by atoms with Gasteiger partial charge in [-0.1, -0.05) is 93.3 Å². The Morgan fingerprint density at radius 2 is 1.74 bits per heavy atom. The first-order valence-electron chi connectivity index (χ1n) is 13.3. The van der Waals surface area contributed by atoms with Gasteiger partial charge in [-0.25, -0.2) is 0 Å². The van der Waals surface area contributed by atoms with Crippen molar-refractivity contribution in [1.29, 1.82) is 0 Å². The zero-order valence-electron chi connectivity index (χ0n) is 22.9. The molecule has 0 unspecified atom stereocenters. The second-order valence-electron chi connectivity index (χ2n) is 8.96. The van der Waals surface area contributed by atoms with Gasteiger partial charge in [-0.3, -0.25) is 0 Å². The third-order valence-corrected chi connectivity index (χ3v) is 6.83. The highest BCUT2D eigenvalue weighted by molar-refractivity contribution is 5.79. The summed E-state index contributed by atoms with van der Waals surface area (Å²) in [5.41, 5.74) is 16.3. The molecule has 4 aromatic rings. The first-order valence-corrected chi connectivity index (χ1v) is 13.3. The van der Waals surface area contributed by atoms with Crippen LogP contribution < -0.4 is 26.9 Å². The Kier molecular flexibility index (Phi) is 8.55. The lowest BCUT2D eigenvalue weighted by Gasteiger charge is -2.18. The largest absolute Gasteiger partial charge is 0.397 e. The lowest BCUT2D eigenvalue weighted by molar-refractivity contribution is 0.943.